The first-order valence-electron chi connectivity index (χ1n) is 7.85. The minimum atomic E-state index is -0.279. The van der Waals surface area contributed by atoms with Crippen LogP contribution in [0.15, 0.2) is 24.3 Å². The Balaban J connectivity index is 1.96. The Morgan fingerprint density at radius 1 is 1.24 bits per heavy atom. The molecule has 116 valence electrons. The van der Waals surface area contributed by atoms with Gasteiger partial charge in [-0.3, -0.25) is 0 Å². The van der Waals surface area contributed by atoms with E-state index in [-0.39, 0.29) is 18.1 Å². The van der Waals surface area contributed by atoms with Gasteiger partial charge in [-0.1, -0.05) is 19.3 Å². The average Bonchev–Trinajstić information content (AvgIpc) is 2.49. The molecule has 4 nitrogen and oxygen atoms in total. The van der Waals surface area contributed by atoms with E-state index in [4.69, 9.17) is 10.5 Å². The first-order chi connectivity index (χ1) is 10.1. The van der Waals surface area contributed by atoms with Gasteiger partial charge in [0, 0.05) is 11.7 Å². The maximum atomic E-state index is 12.2. The molecule has 0 saturated heterocycles. The molecule has 0 radical (unpaired) electrons. The van der Waals surface area contributed by atoms with Crippen molar-refractivity contribution in [2.75, 3.05) is 12.8 Å². The van der Waals surface area contributed by atoms with Gasteiger partial charge >= 0.3 is 5.97 Å². The van der Waals surface area contributed by atoms with E-state index in [0.29, 0.717) is 17.2 Å². The van der Waals surface area contributed by atoms with Crippen LogP contribution in [-0.4, -0.2) is 25.2 Å². The first-order valence-corrected chi connectivity index (χ1v) is 7.85. The Morgan fingerprint density at radius 3 is 2.43 bits per heavy atom. The Morgan fingerprint density at radius 2 is 1.86 bits per heavy atom. The lowest BCUT2D eigenvalue weighted by Gasteiger charge is -2.33. The lowest BCUT2D eigenvalue weighted by molar-refractivity contribution is 0.0170. The van der Waals surface area contributed by atoms with Gasteiger partial charge < -0.3 is 15.8 Å². The third-order valence-electron chi connectivity index (χ3n) is 4.44. The van der Waals surface area contributed by atoms with Gasteiger partial charge in [0.2, 0.25) is 0 Å². The summed E-state index contributed by atoms with van der Waals surface area (Å²) in [5, 5.41) is 3.34. The molecule has 0 aromatic heterocycles. The Labute approximate surface area is 127 Å². The minimum Gasteiger partial charge on any atom is -0.457 e. The number of hydrogen-bond donors (Lipinski definition) is 2. The zero-order chi connectivity index (χ0) is 15.2. The number of nitrogens with two attached hydrogens (primary N) is 1. The lowest BCUT2D eigenvalue weighted by atomic mass is 9.82. The summed E-state index contributed by atoms with van der Waals surface area (Å²) in [6.45, 7) is 1.98. The summed E-state index contributed by atoms with van der Waals surface area (Å²) in [5.74, 6) is 0.316. The van der Waals surface area contributed by atoms with Crippen LogP contribution in [-0.2, 0) is 4.74 Å². The highest BCUT2D eigenvalue weighted by Gasteiger charge is 2.29. The molecule has 21 heavy (non-hydrogen) atoms. The van der Waals surface area contributed by atoms with Gasteiger partial charge in [0.25, 0.3) is 0 Å². The van der Waals surface area contributed by atoms with Crippen LogP contribution in [0.2, 0.25) is 0 Å². The molecule has 1 aromatic carbocycles. The zero-order valence-corrected chi connectivity index (χ0v) is 13.0. The maximum Gasteiger partial charge on any atom is 0.338 e. The fourth-order valence-electron chi connectivity index (χ4n) is 3.28. The normalized spacial score (nSPS) is 19.0. The summed E-state index contributed by atoms with van der Waals surface area (Å²) in [7, 11) is 1.95. The van der Waals surface area contributed by atoms with Crippen molar-refractivity contribution < 1.29 is 9.53 Å². The topological polar surface area (TPSA) is 64.3 Å². The van der Waals surface area contributed by atoms with E-state index in [0.717, 1.165) is 0 Å². The molecule has 1 aliphatic rings. The number of carbonyl (C=O) groups excluding carboxylic acids is 1. The zero-order valence-electron chi connectivity index (χ0n) is 13.0. The highest BCUT2D eigenvalue weighted by molar-refractivity contribution is 5.89. The van der Waals surface area contributed by atoms with Gasteiger partial charge in [0.1, 0.15) is 6.10 Å². The van der Waals surface area contributed by atoms with Crippen molar-refractivity contribution in [1.29, 1.82) is 0 Å². The molecule has 1 saturated carbocycles. The van der Waals surface area contributed by atoms with Crippen LogP contribution in [0, 0.1) is 5.92 Å². The van der Waals surface area contributed by atoms with Gasteiger partial charge in [0.15, 0.2) is 0 Å². The molecule has 2 rings (SSSR count). The number of nitrogens with one attached hydrogen (secondary N) is 1. The average molecular weight is 290 g/mol. The van der Waals surface area contributed by atoms with Crippen LogP contribution in [0.3, 0.4) is 0 Å². The second kappa shape index (κ2) is 7.46. The number of rotatable bonds is 5. The molecule has 0 amide bonds. The van der Waals surface area contributed by atoms with Crippen molar-refractivity contribution in [2.24, 2.45) is 5.92 Å². The van der Waals surface area contributed by atoms with E-state index in [1.807, 2.05) is 14.0 Å². The molecule has 4 heteroatoms. The molecular formula is C17H26N2O2. The number of nitrogen functional groups attached to an aromatic ring is 1. The van der Waals surface area contributed by atoms with Gasteiger partial charge in [-0.2, -0.15) is 0 Å². The number of anilines is 1. The molecule has 0 spiro atoms. The summed E-state index contributed by atoms with van der Waals surface area (Å²) in [5.41, 5.74) is 6.83. The highest BCUT2D eigenvalue weighted by atomic mass is 16.5. The monoisotopic (exact) mass is 290 g/mol. The van der Waals surface area contributed by atoms with Crippen LogP contribution in [0.5, 0.6) is 0 Å². The van der Waals surface area contributed by atoms with Crippen LogP contribution >= 0.6 is 0 Å². The second-order valence-corrected chi connectivity index (χ2v) is 5.94. The second-order valence-electron chi connectivity index (χ2n) is 5.94. The molecule has 3 N–H and O–H groups in total. The van der Waals surface area contributed by atoms with Crippen molar-refractivity contribution in [3.8, 4) is 0 Å². The van der Waals surface area contributed by atoms with Gasteiger partial charge in [-0.15, -0.1) is 0 Å². The molecule has 0 aliphatic heterocycles. The van der Waals surface area contributed by atoms with Crippen LogP contribution in [0.25, 0.3) is 0 Å². The Bertz CT molecular complexity index is 452. The Kier molecular flexibility index (Phi) is 5.62. The number of benzene rings is 1. The molecule has 1 aliphatic carbocycles. The van der Waals surface area contributed by atoms with E-state index in [2.05, 4.69) is 5.32 Å². The summed E-state index contributed by atoms with van der Waals surface area (Å²) in [6, 6.07) is 7.08. The fourth-order valence-corrected chi connectivity index (χ4v) is 3.28. The van der Waals surface area contributed by atoms with E-state index >= 15 is 0 Å². The van der Waals surface area contributed by atoms with Gasteiger partial charge in [-0.05, 0) is 57.0 Å². The van der Waals surface area contributed by atoms with Crippen molar-refractivity contribution >= 4 is 11.7 Å². The number of carbonyl (C=O) groups is 1. The summed E-state index contributed by atoms with van der Waals surface area (Å²) in [6.07, 6.45) is 6.18. The maximum absolute atomic E-state index is 12.2. The molecule has 1 fully saturated rings. The number of hydrogen-bond acceptors (Lipinski definition) is 4. The van der Waals surface area contributed by atoms with Gasteiger partial charge in [0.05, 0.1) is 5.56 Å². The highest BCUT2D eigenvalue weighted by Crippen LogP contribution is 2.28. The van der Waals surface area contributed by atoms with Crippen LogP contribution in [0.1, 0.15) is 49.4 Å². The van der Waals surface area contributed by atoms with E-state index in [1.165, 1.54) is 32.1 Å². The molecule has 0 unspecified atom stereocenters. The smallest absolute Gasteiger partial charge is 0.338 e. The fraction of sp³-hybridized carbons (Fsp3) is 0.588. The van der Waals surface area contributed by atoms with Crippen molar-refractivity contribution in [2.45, 2.75) is 51.2 Å². The SMILES string of the molecule is CN[C@H](C1CCCCC1)[C@H](C)OC(=O)c1ccc(N)cc1. The predicted molar refractivity (Wildman–Crippen MR) is 85.2 cm³/mol. The largest absolute Gasteiger partial charge is 0.457 e. The van der Waals surface area contributed by atoms with Crippen molar-refractivity contribution in [3.05, 3.63) is 29.8 Å². The first kappa shape index (κ1) is 15.8. The van der Waals surface area contributed by atoms with E-state index < -0.39 is 0 Å². The van der Waals surface area contributed by atoms with E-state index in [9.17, 15) is 4.79 Å². The number of likely N-dealkylation sites (N-methyl/N-ethyl adjacent to an activating group) is 1. The predicted octanol–water partition coefficient (Wildman–Crippen LogP) is 2.98. The van der Waals surface area contributed by atoms with Crippen molar-refractivity contribution in [1.82, 2.24) is 5.32 Å². The third kappa shape index (κ3) is 4.21. The quantitative estimate of drug-likeness (QED) is 0.646. The molecule has 1 aromatic rings. The van der Waals surface area contributed by atoms with Crippen molar-refractivity contribution in [3.63, 3.8) is 0 Å². The third-order valence-corrected chi connectivity index (χ3v) is 4.44. The molecule has 2 atom stereocenters. The van der Waals surface area contributed by atoms with E-state index in [1.54, 1.807) is 24.3 Å². The number of esters is 1. The molecule has 0 heterocycles. The van der Waals surface area contributed by atoms with Crippen LogP contribution in [0.4, 0.5) is 5.69 Å². The van der Waals surface area contributed by atoms with Gasteiger partial charge in [-0.25, -0.2) is 4.79 Å². The molecule has 0 bridgehead atoms. The molecular weight excluding hydrogens is 264 g/mol. The standard InChI is InChI=1S/C17H26N2O2/c1-12(16(19-2)13-6-4-3-5-7-13)21-17(20)14-8-10-15(18)11-9-14/h8-13,16,19H,3-7,18H2,1-2H3/t12-,16-/m0/s1. The Hall–Kier alpha value is -1.55. The lowest BCUT2D eigenvalue weighted by Crippen LogP contribution is -2.45. The number of ether oxygens (including phenoxy) is 1. The summed E-state index contributed by atoms with van der Waals surface area (Å²) < 4.78 is 5.64. The summed E-state index contributed by atoms with van der Waals surface area (Å²) >= 11 is 0. The minimum absolute atomic E-state index is 0.136. The summed E-state index contributed by atoms with van der Waals surface area (Å²) in [4.78, 5) is 12.2. The van der Waals surface area contributed by atoms with Crippen LogP contribution < -0.4 is 11.1 Å².